The fourth-order valence-corrected chi connectivity index (χ4v) is 1.17. The van der Waals surface area contributed by atoms with Crippen LogP contribution in [0.5, 0.6) is 0 Å². The Bertz CT molecular complexity index is 393. The van der Waals surface area contributed by atoms with Crippen molar-refractivity contribution in [3.8, 4) is 0 Å². The zero-order valence-corrected chi connectivity index (χ0v) is 9.33. The van der Waals surface area contributed by atoms with E-state index in [1.807, 2.05) is 13.8 Å². The summed E-state index contributed by atoms with van der Waals surface area (Å²) < 4.78 is 12.8. The minimum atomic E-state index is -0.607. The number of amides is 1. The number of anilines is 2. The van der Waals surface area contributed by atoms with Crippen molar-refractivity contribution in [3.05, 3.63) is 24.0 Å². The largest absolute Gasteiger partial charge is 0.397 e. The molecule has 5 N–H and O–H groups in total. The van der Waals surface area contributed by atoms with Crippen molar-refractivity contribution in [3.63, 3.8) is 0 Å². The Morgan fingerprint density at radius 2 is 2.06 bits per heavy atom. The molecular formula is C11H16FN3O. The molecule has 0 aliphatic carbocycles. The normalized spacial score (nSPS) is 12.6. The highest BCUT2D eigenvalue weighted by Crippen LogP contribution is 2.19. The third-order valence-electron chi connectivity index (χ3n) is 2.29. The minimum absolute atomic E-state index is 0.0293. The van der Waals surface area contributed by atoms with Crippen LogP contribution in [0.1, 0.15) is 13.8 Å². The van der Waals surface area contributed by atoms with Crippen LogP contribution < -0.4 is 16.8 Å². The van der Waals surface area contributed by atoms with E-state index in [9.17, 15) is 9.18 Å². The maximum Gasteiger partial charge on any atom is 0.241 e. The highest BCUT2D eigenvalue weighted by atomic mass is 19.1. The van der Waals surface area contributed by atoms with Crippen LogP contribution >= 0.6 is 0 Å². The Labute approximate surface area is 93.8 Å². The maximum absolute atomic E-state index is 12.8. The molecule has 0 saturated heterocycles. The Morgan fingerprint density at radius 1 is 1.44 bits per heavy atom. The average molecular weight is 225 g/mol. The molecule has 0 aliphatic rings. The van der Waals surface area contributed by atoms with Gasteiger partial charge in [0.05, 0.1) is 17.4 Å². The molecule has 0 fully saturated rings. The third-order valence-corrected chi connectivity index (χ3v) is 2.29. The third kappa shape index (κ3) is 2.93. The molecule has 5 heteroatoms. The smallest absolute Gasteiger partial charge is 0.241 e. The summed E-state index contributed by atoms with van der Waals surface area (Å²) in [6.45, 7) is 3.69. The molecular weight excluding hydrogens is 209 g/mol. The van der Waals surface area contributed by atoms with E-state index in [4.69, 9.17) is 11.5 Å². The number of rotatable bonds is 3. The molecule has 1 unspecified atom stereocenters. The van der Waals surface area contributed by atoms with Crippen molar-refractivity contribution in [1.29, 1.82) is 0 Å². The van der Waals surface area contributed by atoms with Crippen molar-refractivity contribution in [2.45, 2.75) is 19.9 Å². The summed E-state index contributed by atoms with van der Waals surface area (Å²) in [5, 5.41) is 2.56. The number of carbonyl (C=O) groups is 1. The molecule has 1 aromatic rings. The van der Waals surface area contributed by atoms with Crippen LogP contribution in [0.3, 0.4) is 0 Å². The van der Waals surface area contributed by atoms with Gasteiger partial charge in [-0.1, -0.05) is 13.8 Å². The van der Waals surface area contributed by atoms with Gasteiger partial charge in [-0.2, -0.15) is 0 Å². The molecule has 1 amide bonds. The average Bonchev–Trinajstić information content (AvgIpc) is 2.20. The fourth-order valence-electron chi connectivity index (χ4n) is 1.17. The Balaban J connectivity index is 2.77. The van der Waals surface area contributed by atoms with E-state index < -0.39 is 11.9 Å². The summed E-state index contributed by atoms with van der Waals surface area (Å²) in [5.74, 6) is -0.737. The topological polar surface area (TPSA) is 81.1 Å². The molecule has 0 aromatic heterocycles. The molecule has 1 atom stereocenters. The summed E-state index contributed by atoms with van der Waals surface area (Å²) in [4.78, 5) is 11.6. The lowest BCUT2D eigenvalue weighted by molar-refractivity contribution is -0.118. The minimum Gasteiger partial charge on any atom is -0.397 e. The Kier molecular flexibility index (Phi) is 3.84. The quantitative estimate of drug-likeness (QED) is 0.679. The van der Waals surface area contributed by atoms with Crippen molar-refractivity contribution in [2.75, 3.05) is 11.1 Å². The summed E-state index contributed by atoms with van der Waals surface area (Å²) in [6, 6.07) is 3.18. The van der Waals surface area contributed by atoms with Gasteiger partial charge in [-0.3, -0.25) is 4.79 Å². The molecule has 0 saturated carbocycles. The van der Waals surface area contributed by atoms with Crippen molar-refractivity contribution in [2.24, 2.45) is 11.7 Å². The lowest BCUT2D eigenvalue weighted by atomic mass is 10.0. The first-order valence-corrected chi connectivity index (χ1v) is 5.03. The zero-order chi connectivity index (χ0) is 12.3. The first-order valence-electron chi connectivity index (χ1n) is 5.03. The second-order valence-corrected chi connectivity index (χ2v) is 3.99. The van der Waals surface area contributed by atoms with Gasteiger partial charge in [0.2, 0.25) is 5.91 Å². The predicted molar refractivity (Wildman–Crippen MR) is 62.3 cm³/mol. The van der Waals surface area contributed by atoms with Gasteiger partial charge in [-0.15, -0.1) is 0 Å². The van der Waals surface area contributed by atoms with Crippen molar-refractivity contribution in [1.82, 2.24) is 0 Å². The number of halogens is 1. The molecule has 88 valence electrons. The first kappa shape index (κ1) is 12.4. The second-order valence-electron chi connectivity index (χ2n) is 3.99. The number of benzene rings is 1. The van der Waals surface area contributed by atoms with E-state index in [0.717, 1.165) is 6.07 Å². The summed E-state index contributed by atoms with van der Waals surface area (Å²) in [7, 11) is 0. The van der Waals surface area contributed by atoms with Crippen LogP contribution in [0.2, 0.25) is 0 Å². The molecule has 16 heavy (non-hydrogen) atoms. The highest BCUT2D eigenvalue weighted by molar-refractivity contribution is 5.97. The molecule has 1 rings (SSSR count). The summed E-state index contributed by atoms with van der Waals surface area (Å²) >= 11 is 0. The molecule has 0 heterocycles. The van der Waals surface area contributed by atoms with Crippen LogP contribution in [0.25, 0.3) is 0 Å². The maximum atomic E-state index is 12.8. The van der Waals surface area contributed by atoms with Crippen LogP contribution in [0, 0.1) is 11.7 Å². The van der Waals surface area contributed by atoms with Crippen molar-refractivity contribution < 1.29 is 9.18 Å². The van der Waals surface area contributed by atoms with Crippen LogP contribution in [-0.4, -0.2) is 11.9 Å². The van der Waals surface area contributed by atoms with Crippen LogP contribution in [0.4, 0.5) is 15.8 Å². The van der Waals surface area contributed by atoms with E-state index >= 15 is 0 Å². The van der Waals surface area contributed by atoms with Gasteiger partial charge in [0, 0.05) is 0 Å². The number of nitrogens with one attached hydrogen (secondary N) is 1. The lowest BCUT2D eigenvalue weighted by Crippen LogP contribution is -2.39. The fraction of sp³-hybridized carbons (Fsp3) is 0.364. The van der Waals surface area contributed by atoms with Crippen LogP contribution in [0.15, 0.2) is 18.2 Å². The molecule has 0 radical (unpaired) electrons. The van der Waals surface area contributed by atoms with E-state index in [0.29, 0.717) is 5.69 Å². The lowest BCUT2D eigenvalue weighted by Gasteiger charge is -2.16. The number of hydrogen-bond donors (Lipinski definition) is 3. The monoisotopic (exact) mass is 225 g/mol. The molecule has 1 aromatic carbocycles. The predicted octanol–water partition coefficient (Wildman–Crippen LogP) is 1.33. The molecule has 0 bridgehead atoms. The van der Waals surface area contributed by atoms with E-state index in [1.165, 1.54) is 12.1 Å². The van der Waals surface area contributed by atoms with E-state index in [2.05, 4.69) is 5.32 Å². The van der Waals surface area contributed by atoms with Gasteiger partial charge < -0.3 is 16.8 Å². The molecule has 4 nitrogen and oxygen atoms in total. The Morgan fingerprint density at radius 3 is 2.56 bits per heavy atom. The van der Waals surface area contributed by atoms with E-state index in [1.54, 1.807) is 0 Å². The Hall–Kier alpha value is -1.62. The summed E-state index contributed by atoms with van der Waals surface area (Å²) in [6.07, 6.45) is 0. The summed E-state index contributed by atoms with van der Waals surface area (Å²) in [5.41, 5.74) is 11.8. The number of nitrogen functional groups attached to an aromatic ring is 1. The van der Waals surface area contributed by atoms with Gasteiger partial charge in [0.1, 0.15) is 5.82 Å². The molecule has 0 spiro atoms. The highest BCUT2D eigenvalue weighted by Gasteiger charge is 2.17. The van der Waals surface area contributed by atoms with Gasteiger partial charge in [-0.25, -0.2) is 4.39 Å². The van der Waals surface area contributed by atoms with Gasteiger partial charge >= 0.3 is 0 Å². The van der Waals surface area contributed by atoms with Gasteiger partial charge in [-0.05, 0) is 24.1 Å². The zero-order valence-electron chi connectivity index (χ0n) is 9.33. The first-order chi connectivity index (χ1) is 7.41. The van der Waals surface area contributed by atoms with E-state index in [-0.39, 0.29) is 17.5 Å². The SMILES string of the molecule is CC(C)C(N)C(=O)Nc1ccc(F)cc1N. The van der Waals surface area contributed by atoms with Crippen molar-refractivity contribution >= 4 is 17.3 Å². The van der Waals surface area contributed by atoms with Crippen LogP contribution in [-0.2, 0) is 4.79 Å². The standard InChI is InChI=1S/C11H16FN3O/c1-6(2)10(14)11(16)15-9-4-3-7(12)5-8(9)13/h3-6,10H,13-14H2,1-2H3,(H,15,16). The second kappa shape index (κ2) is 4.94. The molecule has 0 aliphatic heterocycles. The number of carbonyl (C=O) groups excluding carboxylic acids is 1. The number of nitrogens with two attached hydrogens (primary N) is 2. The number of hydrogen-bond acceptors (Lipinski definition) is 3. The van der Waals surface area contributed by atoms with Gasteiger partial charge in [0.25, 0.3) is 0 Å². The van der Waals surface area contributed by atoms with Gasteiger partial charge in [0.15, 0.2) is 0 Å².